The number of pyridine rings is 3. The second kappa shape index (κ2) is 9.15. The number of anilines is 2. The number of likely N-dealkylation sites (N-methyl/N-ethyl adjacent to an activating group) is 1. The zero-order valence-corrected chi connectivity index (χ0v) is 22.9. The summed E-state index contributed by atoms with van der Waals surface area (Å²) in [4.78, 5) is 37.2. The Morgan fingerprint density at radius 1 is 1.22 bits per heavy atom. The second-order valence-electron chi connectivity index (χ2n) is 10.8. The molecule has 2 fully saturated rings. The molecule has 0 saturated carbocycles. The third kappa shape index (κ3) is 3.72. The predicted octanol–water partition coefficient (Wildman–Crippen LogP) is 4.81. The zero-order valence-electron chi connectivity index (χ0n) is 22.1. The van der Waals surface area contributed by atoms with Crippen molar-refractivity contribution in [3.63, 3.8) is 0 Å². The summed E-state index contributed by atoms with van der Waals surface area (Å²) >= 11 is 6.34. The highest BCUT2D eigenvalue weighted by Gasteiger charge is 2.42. The van der Waals surface area contributed by atoms with Crippen LogP contribution in [0.25, 0.3) is 38.6 Å². The fourth-order valence-electron chi connectivity index (χ4n) is 6.67. The molecule has 0 unspecified atom stereocenters. The lowest BCUT2D eigenvalue weighted by Gasteiger charge is -2.29. The molecule has 4 aromatic heterocycles. The van der Waals surface area contributed by atoms with Crippen molar-refractivity contribution < 1.29 is 18.7 Å². The van der Waals surface area contributed by atoms with Crippen LogP contribution in [0.1, 0.15) is 16.8 Å². The third-order valence-electron chi connectivity index (χ3n) is 8.51. The van der Waals surface area contributed by atoms with Crippen LogP contribution in [0.3, 0.4) is 0 Å². The highest BCUT2D eigenvalue weighted by Crippen LogP contribution is 2.46. The van der Waals surface area contributed by atoms with Gasteiger partial charge in [-0.25, -0.2) is 18.6 Å². The smallest absolute Gasteiger partial charge is 0.341 e. The Hall–Kier alpha value is -4.22. The fraction of sp³-hybridized carbons (Fsp3) is 0.276. The SMILES string of the molecule is CNc1cc(F)c(F)c2c1[nH]c1ncc(-c3ccc4c(Cl)cc(C(=O)O)c(=O)n4c3)c(N3CC[C@@H]4CN(C)C[C@@H]43)c12. The number of aromatic nitrogens is 3. The van der Waals surface area contributed by atoms with E-state index in [2.05, 4.69) is 32.1 Å². The number of hydrogen-bond acceptors (Lipinski definition) is 6. The molecule has 12 heteroatoms. The lowest BCUT2D eigenvalue weighted by Crippen LogP contribution is -2.35. The van der Waals surface area contributed by atoms with E-state index in [1.165, 1.54) is 10.6 Å². The maximum atomic E-state index is 15.6. The number of H-pyrrole nitrogens is 1. The molecule has 2 atom stereocenters. The molecular formula is C29H25ClF2N6O3. The first-order chi connectivity index (χ1) is 19.7. The normalized spacial score (nSPS) is 19.1. The molecule has 0 spiro atoms. The molecule has 2 aliphatic heterocycles. The van der Waals surface area contributed by atoms with Crippen molar-refractivity contribution in [3.05, 3.63) is 69.2 Å². The van der Waals surface area contributed by atoms with Crippen LogP contribution in [0.2, 0.25) is 5.02 Å². The molecule has 7 rings (SSSR count). The minimum absolute atomic E-state index is 0.0951. The molecular weight excluding hydrogens is 554 g/mol. The van der Waals surface area contributed by atoms with Gasteiger partial charge < -0.3 is 25.2 Å². The van der Waals surface area contributed by atoms with Gasteiger partial charge in [0.15, 0.2) is 11.6 Å². The van der Waals surface area contributed by atoms with Crippen molar-refractivity contribution in [1.29, 1.82) is 0 Å². The third-order valence-corrected chi connectivity index (χ3v) is 8.81. The number of carboxylic acids is 1. The molecule has 9 nitrogen and oxygen atoms in total. The number of carboxylic acid groups (broad SMARTS) is 1. The Morgan fingerprint density at radius 2 is 2.02 bits per heavy atom. The second-order valence-corrected chi connectivity index (χ2v) is 11.2. The molecule has 0 amide bonds. The number of carbonyl (C=O) groups is 1. The minimum Gasteiger partial charge on any atom is -0.477 e. The largest absolute Gasteiger partial charge is 0.477 e. The highest BCUT2D eigenvalue weighted by atomic mass is 35.5. The van der Waals surface area contributed by atoms with Gasteiger partial charge in [0.25, 0.3) is 5.56 Å². The zero-order chi connectivity index (χ0) is 28.7. The molecule has 0 radical (unpaired) electrons. The fourth-order valence-corrected chi connectivity index (χ4v) is 6.93. The van der Waals surface area contributed by atoms with Gasteiger partial charge in [0.05, 0.1) is 38.2 Å². The van der Waals surface area contributed by atoms with Crippen molar-refractivity contribution in [2.75, 3.05) is 43.9 Å². The van der Waals surface area contributed by atoms with Gasteiger partial charge in [0.2, 0.25) is 0 Å². The number of nitrogens with one attached hydrogen (secondary N) is 2. The van der Waals surface area contributed by atoms with Gasteiger partial charge >= 0.3 is 5.97 Å². The lowest BCUT2D eigenvalue weighted by molar-refractivity contribution is 0.0694. The maximum absolute atomic E-state index is 15.6. The van der Waals surface area contributed by atoms with Crippen molar-refractivity contribution >= 4 is 56.4 Å². The van der Waals surface area contributed by atoms with Crippen molar-refractivity contribution in [2.24, 2.45) is 5.92 Å². The van der Waals surface area contributed by atoms with E-state index >= 15 is 4.39 Å². The number of rotatable bonds is 4. The summed E-state index contributed by atoms with van der Waals surface area (Å²) in [5, 5.41) is 13.2. The standard InChI is InChI=1S/C29H25ClF2N6O3/c1-33-19-8-18(31)24(32)22-23-26(37-6-5-14-10-36(2)12-21(14)37)16(9-34-27(23)35-25(19)22)13-3-4-20-17(30)7-15(29(40)41)28(39)38(20)11-13/h3-4,7-9,11,14,21,33H,5-6,10,12H2,1-2H3,(H,34,35)(H,40,41)/t14-,21+/m1/s1. The number of aromatic amines is 1. The molecule has 3 N–H and O–H groups in total. The number of benzene rings is 1. The van der Waals surface area contributed by atoms with E-state index in [1.54, 1.807) is 25.4 Å². The first-order valence-corrected chi connectivity index (χ1v) is 13.6. The number of likely N-dealkylation sites (tertiary alicyclic amines) is 1. The Balaban J connectivity index is 1.57. The Kier molecular flexibility index (Phi) is 5.74. The molecule has 41 heavy (non-hydrogen) atoms. The average Bonchev–Trinajstić information content (AvgIpc) is 3.64. The van der Waals surface area contributed by atoms with E-state index in [1.807, 2.05) is 0 Å². The summed E-state index contributed by atoms with van der Waals surface area (Å²) in [6, 6.07) is 5.82. The van der Waals surface area contributed by atoms with Crippen molar-refractivity contribution in [1.82, 2.24) is 19.3 Å². The van der Waals surface area contributed by atoms with E-state index in [4.69, 9.17) is 11.6 Å². The maximum Gasteiger partial charge on any atom is 0.341 e. The Bertz CT molecular complexity index is 1990. The summed E-state index contributed by atoms with van der Waals surface area (Å²) in [6.07, 6.45) is 4.12. The quantitative estimate of drug-likeness (QED) is 0.281. The summed E-state index contributed by atoms with van der Waals surface area (Å²) in [6.45, 7) is 2.46. The molecule has 0 aliphatic carbocycles. The van der Waals surface area contributed by atoms with Crippen LogP contribution in [0.5, 0.6) is 0 Å². The van der Waals surface area contributed by atoms with E-state index in [0.29, 0.717) is 57.0 Å². The van der Waals surface area contributed by atoms with Crippen LogP contribution in [0, 0.1) is 17.6 Å². The van der Waals surface area contributed by atoms with Crippen LogP contribution in [-0.4, -0.2) is 70.1 Å². The molecule has 2 aliphatic rings. The molecule has 2 saturated heterocycles. The number of hydrogen-bond donors (Lipinski definition) is 3. The summed E-state index contributed by atoms with van der Waals surface area (Å²) in [7, 11) is 3.71. The molecule has 6 heterocycles. The van der Waals surface area contributed by atoms with Crippen molar-refractivity contribution in [2.45, 2.75) is 12.5 Å². The van der Waals surface area contributed by atoms with Crippen LogP contribution in [0.15, 0.2) is 41.5 Å². The predicted molar refractivity (Wildman–Crippen MR) is 154 cm³/mol. The van der Waals surface area contributed by atoms with Gasteiger partial charge in [-0.3, -0.25) is 9.20 Å². The molecule has 210 valence electrons. The average molecular weight is 579 g/mol. The van der Waals surface area contributed by atoms with Gasteiger partial charge in [-0.05, 0) is 31.5 Å². The molecule has 5 aromatic rings. The van der Waals surface area contributed by atoms with E-state index in [9.17, 15) is 19.1 Å². The summed E-state index contributed by atoms with van der Waals surface area (Å²) < 4.78 is 31.7. The highest BCUT2D eigenvalue weighted by molar-refractivity contribution is 6.34. The number of fused-ring (bicyclic) bond motifs is 5. The monoisotopic (exact) mass is 578 g/mol. The lowest BCUT2D eigenvalue weighted by atomic mass is 10.00. The van der Waals surface area contributed by atoms with Gasteiger partial charge in [0.1, 0.15) is 11.2 Å². The minimum atomic E-state index is -1.38. The molecule has 0 bridgehead atoms. The number of halogens is 3. The first-order valence-electron chi connectivity index (χ1n) is 13.2. The summed E-state index contributed by atoms with van der Waals surface area (Å²) in [5.41, 5.74) is 2.21. The van der Waals surface area contributed by atoms with E-state index in [-0.39, 0.29) is 16.5 Å². The van der Waals surface area contributed by atoms with Gasteiger partial charge in [-0.1, -0.05) is 17.7 Å². The Morgan fingerprint density at radius 3 is 2.78 bits per heavy atom. The van der Waals surface area contributed by atoms with Crippen LogP contribution >= 0.6 is 11.6 Å². The first kappa shape index (κ1) is 25.7. The Labute approximate surface area is 237 Å². The van der Waals surface area contributed by atoms with E-state index in [0.717, 1.165) is 31.6 Å². The van der Waals surface area contributed by atoms with Crippen LogP contribution in [0.4, 0.5) is 20.2 Å². The van der Waals surface area contributed by atoms with Crippen molar-refractivity contribution in [3.8, 4) is 11.1 Å². The summed E-state index contributed by atoms with van der Waals surface area (Å²) in [5.74, 6) is -2.93. The van der Waals surface area contributed by atoms with Crippen LogP contribution in [-0.2, 0) is 0 Å². The van der Waals surface area contributed by atoms with E-state index < -0.39 is 28.7 Å². The molecule has 1 aromatic carbocycles. The number of aromatic carboxylic acids is 1. The van der Waals surface area contributed by atoms with Gasteiger partial charge in [-0.2, -0.15) is 0 Å². The van der Waals surface area contributed by atoms with Gasteiger partial charge in [0, 0.05) is 62.3 Å². The van der Waals surface area contributed by atoms with Gasteiger partial charge in [-0.15, -0.1) is 0 Å². The van der Waals surface area contributed by atoms with Crippen LogP contribution < -0.4 is 15.8 Å². The number of nitrogens with zero attached hydrogens (tertiary/aromatic N) is 4. The topological polar surface area (TPSA) is 106 Å².